The molecule has 4 aromatic rings. The maximum absolute atomic E-state index is 12.5. The summed E-state index contributed by atoms with van der Waals surface area (Å²) < 4.78 is 1.90. The third kappa shape index (κ3) is 4.95. The van der Waals surface area contributed by atoms with Crippen LogP contribution in [-0.2, 0) is 11.3 Å². The van der Waals surface area contributed by atoms with E-state index >= 15 is 0 Å². The molecule has 0 aliphatic rings. The fourth-order valence-electron chi connectivity index (χ4n) is 3.02. The first-order valence-electron chi connectivity index (χ1n) is 9.96. The van der Waals surface area contributed by atoms with E-state index in [-0.39, 0.29) is 11.7 Å². The largest absolute Gasteiger partial charge is 0.301 e. The van der Waals surface area contributed by atoms with Crippen molar-refractivity contribution in [1.82, 2.24) is 24.7 Å². The third-order valence-corrected chi connectivity index (χ3v) is 6.53. The van der Waals surface area contributed by atoms with Crippen LogP contribution in [0.25, 0.3) is 22.8 Å². The molecule has 0 atom stereocenters. The van der Waals surface area contributed by atoms with Crippen molar-refractivity contribution in [3.8, 4) is 22.8 Å². The van der Waals surface area contributed by atoms with E-state index in [0.717, 1.165) is 17.0 Å². The van der Waals surface area contributed by atoms with E-state index in [1.54, 1.807) is 12.3 Å². The lowest BCUT2D eigenvalue weighted by Crippen LogP contribution is -2.14. The Morgan fingerprint density at radius 2 is 2.06 bits per heavy atom. The van der Waals surface area contributed by atoms with E-state index in [1.165, 1.54) is 34.2 Å². The maximum Gasteiger partial charge on any atom is 0.236 e. The monoisotopic (exact) mass is 462 g/mol. The number of carbonyl (C=O) groups is 1. The molecule has 1 amide bonds. The van der Waals surface area contributed by atoms with Crippen molar-refractivity contribution >= 4 is 34.1 Å². The Morgan fingerprint density at radius 1 is 1.19 bits per heavy atom. The first kappa shape index (κ1) is 21.9. The number of hydrogen-bond acceptors (Lipinski definition) is 7. The highest BCUT2D eigenvalue weighted by Crippen LogP contribution is 2.27. The molecule has 9 heteroatoms. The van der Waals surface area contributed by atoms with E-state index in [4.69, 9.17) is 0 Å². The minimum atomic E-state index is -0.150. The molecule has 0 radical (unpaired) electrons. The molecule has 3 aromatic heterocycles. The summed E-state index contributed by atoms with van der Waals surface area (Å²) in [6.07, 6.45) is 3.48. The molecule has 0 saturated heterocycles. The van der Waals surface area contributed by atoms with Gasteiger partial charge in [-0.15, -0.1) is 28.1 Å². The number of nitrogens with one attached hydrogen (secondary N) is 1. The van der Waals surface area contributed by atoms with Crippen LogP contribution in [0.3, 0.4) is 0 Å². The minimum Gasteiger partial charge on any atom is -0.301 e. The van der Waals surface area contributed by atoms with Gasteiger partial charge in [0.05, 0.1) is 11.4 Å². The van der Waals surface area contributed by atoms with E-state index in [9.17, 15) is 4.79 Å². The molecule has 0 bridgehead atoms. The highest BCUT2D eigenvalue weighted by atomic mass is 32.2. The van der Waals surface area contributed by atoms with Gasteiger partial charge in [0, 0.05) is 23.7 Å². The van der Waals surface area contributed by atoms with Crippen LogP contribution < -0.4 is 5.32 Å². The Balaban J connectivity index is 1.41. The van der Waals surface area contributed by atoms with Crippen molar-refractivity contribution in [1.29, 1.82) is 0 Å². The molecule has 32 heavy (non-hydrogen) atoms. The second-order valence-corrected chi connectivity index (χ2v) is 8.89. The molecule has 0 unspecified atom stereocenters. The van der Waals surface area contributed by atoms with Gasteiger partial charge in [-0.1, -0.05) is 36.0 Å². The Hall–Kier alpha value is -3.30. The first-order chi connectivity index (χ1) is 15.5. The van der Waals surface area contributed by atoms with Crippen LogP contribution in [0, 0.1) is 13.8 Å². The van der Waals surface area contributed by atoms with Crippen molar-refractivity contribution in [3.05, 3.63) is 71.8 Å². The maximum atomic E-state index is 12.5. The molecule has 0 saturated carbocycles. The smallest absolute Gasteiger partial charge is 0.236 e. The SMILES string of the molecule is C=CCn1c(SCC(=O)Nc2nc(-c3ccc(C)c(C)c3)cs2)nnc1-c1ccccn1. The number of aromatic nitrogens is 5. The van der Waals surface area contributed by atoms with E-state index < -0.39 is 0 Å². The number of thioether (sulfide) groups is 1. The number of pyridine rings is 1. The number of hydrogen-bond donors (Lipinski definition) is 1. The lowest BCUT2D eigenvalue weighted by molar-refractivity contribution is -0.113. The summed E-state index contributed by atoms with van der Waals surface area (Å²) in [5.41, 5.74) is 5.07. The number of amides is 1. The predicted octanol–water partition coefficient (Wildman–Crippen LogP) is 5.00. The summed E-state index contributed by atoms with van der Waals surface area (Å²) >= 11 is 2.73. The molecule has 4 rings (SSSR count). The van der Waals surface area contributed by atoms with Crippen molar-refractivity contribution in [2.45, 2.75) is 25.5 Å². The zero-order valence-electron chi connectivity index (χ0n) is 17.8. The molecular formula is C23H22N6OS2. The van der Waals surface area contributed by atoms with Gasteiger partial charge < -0.3 is 5.32 Å². The van der Waals surface area contributed by atoms with Crippen LogP contribution in [-0.4, -0.2) is 36.4 Å². The molecule has 0 fully saturated rings. The normalized spacial score (nSPS) is 10.8. The van der Waals surface area contributed by atoms with Crippen LogP contribution in [0.15, 0.2) is 65.8 Å². The molecule has 0 aliphatic carbocycles. The van der Waals surface area contributed by atoms with Crippen LogP contribution in [0.4, 0.5) is 5.13 Å². The van der Waals surface area contributed by atoms with Crippen molar-refractivity contribution < 1.29 is 4.79 Å². The number of thiazole rings is 1. The number of nitrogens with zero attached hydrogens (tertiary/aromatic N) is 5. The van der Waals surface area contributed by atoms with Gasteiger partial charge in [-0.05, 0) is 43.2 Å². The van der Waals surface area contributed by atoms with Gasteiger partial charge in [-0.2, -0.15) is 0 Å². The Labute approximate surface area is 194 Å². The fourth-order valence-corrected chi connectivity index (χ4v) is 4.51. The van der Waals surface area contributed by atoms with Gasteiger partial charge in [0.2, 0.25) is 5.91 Å². The summed E-state index contributed by atoms with van der Waals surface area (Å²) in [4.78, 5) is 21.4. The standard InChI is InChI=1S/C23H22N6OS2/c1-4-11-29-21(18-7-5-6-10-24-18)27-28-23(29)32-14-20(30)26-22-25-19(13-31-22)17-9-8-15(2)16(3)12-17/h4-10,12-13H,1,11,14H2,2-3H3,(H,25,26,30). The zero-order valence-corrected chi connectivity index (χ0v) is 19.4. The second-order valence-electron chi connectivity index (χ2n) is 7.09. The molecular weight excluding hydrogens is 440 g/mol. The zero-order chi connectivity index (χ0) is 22.5. The van der Waals surface area contributed by atoms with Gasteiger partial charge >= 0.3 is 0 Å². The van der Waals surface area contributed by atoms with Gasteiger partial charge in [-0.25, -0.2) is 4.98 Å². The summed E-state index contributed by atoms with van der Waals surface area (Å²) in [7, 11) is 0. The van der Waals surface area contributed by atoms with E-state index in [1.807, 2.05) is 34.2 Å². The number of benzene rings is 1. The van der Waals surface area contributed by atoms with Crippen LogP contribution in [0.2, 0.25) is 0 Å². The summed E-state index contributed by atoms with van der Waals surface area (Å²) in [5.74, 6) is 0.686. The quantitative estimate of drug-likeness (QED) is 0.293. The molecule has 7 nitrogen and oxygen atoms in total. The van der Waals surface area contributed by atoms with E-state index in [0.29, 0.717) is 22.7 Å². The van der Waals surface area contributed by atoms with Gasteiger partial charge in [0.15, 0.2) is 16.1 Å². The summed E-state index contributed by atoms with van der Waals surface area (Å²) in [6.45, 7) is 8.49. The Morgan fingerprint density at radius 3 is 2.81 bits per heavy atom. The first-order valence-corrected chi connectivity index (χ1v) is 11.8. The third-order valence-electron chi connectivity index (χ3n) is 4.81. The molecule has 0 spiro atoms. The molecule has 1 N–H and O–H groups in total. The molecule has 162 valence electrons. The van der Waals surface area contributed by atoms with E-state index in [2.05, 4.69) is 58.0 Å². The number of carbonyl (C=O) groups excluding carboxylic acids is 1. The number of rotatable bonds is 8. The fraction of sp³-hybridized carbons (Fsp3) is 0.174. The minimum absolute atomic E-state index is 0.150. The van der Waals surface area contributed by atoms with Crippen molar-refractivity contribution in [2.75, 3.05) is 11.1 Å². The molecule has 1 aromatic carbocycles. The van der Waals surface area contributed by atoms with Gasteiger partial charge in [-0.3, -0.25) is 14.3 Å². The summed E-state index contributed by atoms with van der Waals surface area (Å²) in [6, 6.07) is 11.9. The summed E-state index contributed by atoms with van der Waals surface area (Å²) in [5, 5.41) is 14.5. The van der Waals surface area contributed by atoms with Crippen LogP contribution in [0.1, 0.15) is 11.1 Å². The molecule has 3 heterocycles. The highest BCUT2D eigenvalue weighted by molar-refractivity contribution is 7.99. The van der Waals surface area contributed by atoms with Crippen LogP contribution >= 0.6 is 23.1 Å². The average molecular weight is 463 g/mol. The lowest BCUT2D eigenvalue weighted by Gasteiger charge is -2.07. The average Bonchev–Trinajstić information content (AvgIpc) is 3.42. The van der Waals surface area contributed by atoms with Gasteiger partial charge in [0.1, 0.15) is 5.69 Å². The highest BCUT2D eigenvalue weighted by Gasteiger charge is 2.16. The van der Waals surface area contributed by atoms with Crippen molar-refractivity contribution in [3.63, 3.8) is 0 Å². The van der Waals surface area contributed by atoms with Crippen LogP contribution in [0.5, 0.6) is 0 Å². The Kier molecular flexibility index (Phi) is 6.77. The van der Waals surface area contributed by atoms with Gasteiger partial charge in [0.25, 0.3) is 0 Å². The molecule has 0 aliphatic heterocycles. The Bertz CT molecular complexity index is 1250. The lowest BCUT2D eigenvalue weighted by atomic mass is 10.1. The second kappa shape index (κ2) is 9.88. The number of anilines is 1. The predicted molar refractivity (Wildman–Crippen MR) is 130 cm³/mol. The topological polar surface area (TPSA) is 85.6 Å². The number of allylic oxidation sites excluding steroid dienone is 1. The number of aryl methyl sites for hydroxylation is 2. The van der Waals surface area contributed by atoms with Crippen molar-refractivity contribution in [2.24, 2.45) is 0 Å².